The number of hydrogen-bond acceptors (Lipinski definition) is 3. The minimum Gasteiger partial charge on any atom is -0.325 e. The minimum atomic E-state index is -0.508. The van der Waals surface area contributed by atoms with E-state index in [0.29, 0.717) is 6.54 Å². The average Bonchev–Trinajstić information content (AvgIpc) is 2.74. The molecule has 1 fully saturated rings. The van der Waals surface area contributed by atoms with Crippen LogP contribution in [0.5, 0.6) is 0 Å². The molecule has 1 saturated heterocycles. The number of rotatable bonds is 3. The lowest BCUT2D eigenvalue weighted by Crippen LogP contribution is -2.52. The first-order valence-corrected chi connectivity index (χ1v) is 5.89. The second-order valence-electron chi connectivity index (χ2n) is 5.14. The van der Waals surface area contributed by atoms with Gasteiger partial charge in [-0.15, -0.1) is 0 Å². The zero-order chi connectivity index (χ0) is 12.3. The van der Waals surface area contributed by atoms with Crippen molar-refractivity contribution >= 4 is 5.91 Å². The van der Waals surface area contributed by atoms with Gasteiger partial charge in [-0.1, -0.05) is 20.8 Å². The molecule has 1 aliphatic rings. The maximum Gasteiger partial charge on any atom is 0.241 e. The molecule has 1 rings (SSSR count). The Bertz CT molecular complexity index is 306. The number of likely N-dealkylation sites (tertiary alicyclic amines) is 1. The zero-order valence-corrected chi connectivity index (χ0v) is 10.4. The molecule has 4 nitrogen and oxygen atoms in total. The molecule has 0 aliphatic carbocycles. The summed E-state index contributed by atoms with van der Waals surface area (Å²) in [6.45, 7) is 6.68. The molecule has 1 aliphatic heterocycles. The van der Waals surface area contributed by atoms with Crippen LogP contribution in [-0.2, 0) is 4.79 Å². The van der Waals surface area contributed by atoms with Gasteiger partial charge in [0.05, 0.1) is 12.1 Å². The molecular formula is C12H21N3O. The van der Waals surface area contributed by atoms with Crippen molar-refractivity contribution in [2.75, 3.05) is 6.54 Å². The van der Waals surface area contributed by atoms with Gasteiger partial charge in [0.15, 0.2) is 0 Å². The van der Waals surface area contributed by atoms with Gasteiger partial charge in [0, 0.05) is 6.54 Å². The lowest BCUT2D eigenvalue weighted by atomic mass is 9.81. The molecule has 90 valence electrons. The van der Waals surface area contributed by atoms with Crippen molar-refractivity contribution in [3.63, 3.8) is 0 Å². The quantitative estimate of drug-likeness (QED) is 0.783. The fraction of sp³-hybridized carbons (Fsp3) is 0.833. The molecular weight excluding hydrogens is 202 g/mol. The van der Waals surface area contributed by atoms with Crippen molar-refractivity contribution in [3.8, 4) is 6.07 Å². The molecule has 0 aromatic rings. The van der Waals surface area contributed by atoms with E-state index in [1.165, 1.54) is 0 Å². The van der Waals surface area contributed by atoms with Gasteiger partial charge in [0.1, 0.15) is 6.04 Å². The van der Waals surface area contributed by atoms with Gasteiger partial charge in [-0.2, -0.15) is 5.26 Å². The van der Waals surface area contributed by atoms with Crippen LogP contribution in [0.3, 0.4) is 0 Å². The topological polar surface area (TPSA) is 70.1 Å². The van der Waals surface area contributed by atoms with Crippen LogP contribution >= 0.6 is 0 Å². The monoisotopic (exact) mass is 223 g/mol. The fourth-order valence-corrected chi connectivity index (χ4v) is 1.90. The maximum absolute atomic E-state index is 12.2. The van der Waals surface area contributed by atoms with E-state index in [1.54, 1.807) is 4.90 Å². The molecule has 16 heavy (non-hydrogen) atoms. The Kier molecular flexibility index (Phi) is 3.93. The van der Waals surface area contributed by atoms with Crippen molar-refractivity contribution in [1.82, 2.24) is 4.90 Å². The van der Waals surface area contributed by atoms with Crippen molar-refractivity contribution in [3.05, 3.63) is 0 Å². The predicted octanol–water partition coefficient (Wildman–Crippen LogP) is 1.26. The Hall–Kier alpha value is -1.08. The number of amides is 1. The fourth-order valence-electron chi connectivity index (χ4n) is 1.90. The molecule has 4 heteroatoms. The van der Waals surface area contributed by atoms with E-state index in [2.05, 4.69) is 6.07 Å². The zero-order valence-electron chi connectivity index (χ0n) is 10.4. The van der Waals surface area contributed by atoms with E-state index >= 15 is 0 Å². The van der Waals surface area contributed by atoms with E-state index in [0.717, 1.165) is 19.3 Å². The molecule has 1 unspecified atom stereocenters. The highest BCUT2D eigenvalue weighted by atomic mass is 16.2. The van der Waals surface area contributed by atoms with E-state index in [-0.39, 0.29) is 17.4 Å². The summed E-state index contributed by atoms with van der Waals surface area (Å²) >= 11 is 0. The van der Waals surface area contributed by atoms with Gasteiger partial charge < -0.3 is 10.6 Å². The summed E-state index contributed by atoms with van der Waals surface area (Å²) in [6.07, 6.45) is 2.54. The molecule has 1 amide bonds. The van der Waals surface area contributed by atoms with Crippen LogP contribution in [0.1, 0.15) is 40.0 Å². The van der Waals surface area contributed by atoms with E-state index in [4.69, 9.17) is 11.0 Å². The number of carbonyl (C=O) groups excluding carboxylic acids is 1. The van der Waals surface area contributed by atoms with Gasteiger partial charge in [-0.3, -0.25) is 4.79 Å². The molecule has 0 saturated carbocycles. The second kappa shape index (κ2) is 4.84. The maximum atomic E-state index is 12.2. The Labute approximate surface area is 97.4 Å². The number of nitrogens with two attached hydrogens (primary N) is 1. The van der Waals surface area contributed by atoms with Crippen LogP contribution < -0.4 is 5.73 Å². The highest BCUT2D eigenvalue weighted by Crippen LogP contribution is 2.27. The third kappa shape index (κ3) is 2.35. The lowest BCUT2D eigenvalue weighted by Gasteiger charge is -2.33. The molecule has 2 atom stereocenters. The second-order valence-corrected chi connectivity index (χ2v) is 5.14. The van der Waals surface area contributed by atoms with E-state index < -0.39 is 6.04 Å². The number of hydrogen-bond donors (Lipinski definition) is 1. The summed E-state index contributed by atoms with van der Waals surface area (Å²) in [5.41, 5.74) is 5.79. The Balaban J connectivity index is 2.75. The summed E-state index contributed by atoms with van der Waals surface area (Å²) in [7, 11) is 0. The van der Waals surface area contributed by atoms with Gasteiger partial charge in [-0.05, 0) is 24.7 Å². The molecule has 0 aromatic heterocycles. The van der Waals surface area contributed by atoms with Gasteiger partial charge >= 0.3 is 0 Å². The van der Waals surface area contributed by atoms with E-state index in [9.17, 15) is 4.79 Å². The SMILES string of the molecule is CCC(C)(C)[C@H](N)C(=O)N1CCCC1C#N. The number of nitrogens with zero attached hydrogens (tertiary/aromatic N) is 2. The van der Waals surface area contributed by atoms with Crippen LogP contribution in [-0.4, -0.2) is 29.4 Å². The summed E-state index contributed by atoms with van der Waals surface area (Å²) in [5, 5.41) is 8.94. The Morgan fingerprint density at radius 3 is 2.81 bits per heavy atom. The average molecular weight is 223 g/mol. The van der Waals surface area contributed by atoms with Crippen LogP contribution in [0, 0.1) is 16.7 Å². The Morgan fingerprint density at radius 2 is 2.31 bits per heavy atom. The van der Waals surface area contributed by atoms with Gasteiger partial charge in [0.25, 0.3) is 0 Å². The van der Waals surface area contributed by atoms with Crippen LogP contribution in [0.2, 0.25) is 0 Å². The summed E-state index contributed by atoms with van der Waals surface area (Å²) in [4.78, 5) is 13.8. The van der Waals surface area contributed by atoms with E-state index in [1.807, 2.05) is 20.8 Å². The first-order chi connectivity index (χ1) is 7.44. The molecule has 0 bridgehead atoms. The van der Waals surface area contributed by atoms with Gasteiger partial charge in [-0.25, -0.2) is 0 Å². The molecule has 0 spiro atoms. The summed E-state index contributed by atoms with van der Waals surface area (Å²) < 4.78 is 0. The van der Waals surface area contributed by atoms with Crippen molar-refractivity contribution in [2.24, 2.45) is 11.1 Å². The minimum absolute atomic E-state index is 0.0732. The Morgan fingerprint density at radius 1 is 1.69 bits per heavy atom. The predicted molar refractivity (Wildman–Crippen MR) is 62.4 cm³/mol. The van der Waals surface area contributed by atoms with Gasteiger partial charge in [0.2, 0.25) is 5.91 Å². The third-order valence-corrected chi connectivity index (χ3v) is 3.70. The van der Waals surface area contributed by atoms with Crippen LogP contribution in [0.25, 0.3) is 0 Å². The van der Waals surface area contributed by atoms with Crippen molar-refractivity contribution in [2.45, 2.75) is 52.1 Å². The van der Waals surface area contributed by atoms with Crippen LogP contribution in [0.4, 0.5) is 0 Å². The highest BCUT2D eigenvalue weighted by Gasteiger charge is 2.37. The first kappa shape index (κ1) is 13.0. The summed E-state index contributed by atoms with van der Waals surface area (Å²) in [5.74, 6) is -0.0732. The van der Waals surface area contributed by atoms with Crippen molar-refractivity contribution < 1.29 is 4.79 Å². The largest absolute Gasteiger partial charge is 0.325 e. The first-order valence-electron chi connectivity index (χ1n) is 5.89. The molecule has 0 radical (unpaired) electrons. The summed E-state index contributed by atoms with van der Waals surface area (Å²) in [6, 6.07) is 1.39. The normalized spacial score (nSPS) is 22.9. The lowest BCUT2D eigenvalue weighted by molar-refractivity contribution is -0.135. The smallest absolute Gasteiger partial charge is 0.241 e. The molecule has 1 heterocycles. The number of nitriles is 1. The highest BCUT2D eigenvalue weighted by molar-refractivity contribution is 5.83. The molecule has 2 N–H and O–H groups in total. The van der Waals surface area contributed by atoms with Crippen LogP contribution in [0.15, 0.2) is 0 Å². The molecule has 0 aromatic carbocycles. The third-order valence-electron chi connectivity index (χ3n) is 3.70. The number of carbonyl (C=O) groups is 1. The standard InChI is InChI=1S/C12H21N3O/c1-4-12(2,3)10(14)11(16)15-7-5-6-9(15)8-13/h9-10H,4-7,14H2,1-3H3/t9?,10-/m1/s1. The van der Waals surface area contributed by atoms with Crippen molar-refractivity contribution in [1.29, 1.82) is 5.26 Å².